The molecule has 0 bridgehead atoms. The van der Waals surface area contributed by atoms with Crippen molar-refractivity contribution in [3.8, 4) is 6.07 Å². The Morgan fingerprint density at radius 3 is 2.26 bits per heavy atom. The van der Waals surface area contributed by atoms with E-state index >= 15 is 0 Å². The van der Waals surface area contributed by atoms with E-state index in [1.165, 1.54) is 6.92 Å². The van der Waals surface area contributed by atoms with E-state index in [2.05, 4.69) is 16.0 Å². The molecule has 6 nitrogen and oxygen atoms in total. The van der Waals surface area contributed by atoms with Crippen LogP contribution in [-0.2, 0) is 9.59 Å². The van der Waals surface area contributed by atoms with E-state index in [1.807, 2.05) is 6.07 Å². The highest BCUT2D eigenvalue weighted by Crippen LogP contribution is 2.14. The molecule has 0 unspecified atom stereocenters. The van der Waals surface area contributed by atoms with Crippen molar-refractivity contribution in [1.29, 1.82) is 5.26 Å². The van der Waals surface area contributed by atoms with Crippen LogP contribution in [0.3, 0.4) is 0 Å². The third-order valence-electron chi connectivity index (χ3n) is 2.93. The maximum atomic E-state index is 11.9. The summed E-state index contributed by atoms with van der Waals surface area (Å²) >= 11 is 0. The number of rotatable bonds is 5. The molecule has 0 atom stereocenters. The molecule has 2 rings (SSSR count). The molecule has 0 fully saturated rings. The summed E-state index contributed by atoms with van der Waals surface area (Å²) in [6.45, 7) is 1.52. The molecule has 116 valence electrons. The van der Waals surface area contributed by atoms with Gasteiger partial charge in [0.25, 0.3) is 0 Å². The number of nitriles is 1. The lowest BCUT2D eigenvalue weighted by Crippen LogP contribution is -2.21. The molecule has 0 saturated carbocycles. The Bertz CT molecular complexity index is 748. The number of anilines is 3. The van der Waals surface area contributed by atoms with Gasteiger partial charge in [-0.3, -0.25) is 9.59 Å². The monoisotopic (exact) mass is 308 g/mol. The van der Waals surface area contributed by atoms with Crippen LogP contribution in [0.5, 0.6) is 0 Å². The van der Waals surface area contributed by atoms with Crippen molar-refractivity contribution in [2.45, 2.75) is 6.92 Å². The minimum absolute atomic E-state index is 0.0856. The molecule has 0 aliphatic carbocycles. The molecular weight excluding hydrogens is 292 g/mol. The van der Waals surface area contributed by atoms with Gasteiger partial charge in [-0.25, -0.2) is 0 Å². The fourth-order valence-electron chi connectivity index (χ4n) is 1.93. The summed E-state index contributed by atoms with van der Waals surface area (Å²) in [5.74, 6) is -0.356. The number of nitrogens with one attached hydrogen (secondary N) is 3. The lowest BCUT2D eigenvalue weighted by molar-refractivity contribution is -0.115. The average molecular weight is 308 g/mol. The van der Waals surface area contributed by atoms with Crippen molar-refractivity contribution >= 4 is 28.9 Å². The van der Waals surface area contributed by atoms with E-state index in [1.54, 1.807) is 48.5 Å². The first kappa shape index (κ1) is 16.0. The van der Waals surface area contributed by atoms with Gasteiger partial charge in [-0.05, 0) is 42.5 Å². The van der Waals surface area contributed by atoms with E-state index in [4.69, 9.17) is 5.26 Å². The highest BCUT2D eigenvalue weighted by atomic mass is 16.2. The fraction of sp³-hybridized carbons (Fsp3) is 0.118. The van der Waals surface area contributed by atoms with Crippen LogP contribution in [-0.4, -0.2) is 18.4 Å². The van der Waals surface area contributed by atoms with Crippen molar-refractivity contribution in [3.63, 3.8) is 0 Å². The molecule has 0 spiro atoms. The van der Waals surface area contributed by atoms with Crippen molar-refractivity contribution < 1.29 is 9.59 Å². The van der Waals surface area contributed by atoms with Crippen LogP contribution < -0.4 is 16.0 Å². The summed E-state index contributed by atoms with van der Waals surface area (Å²) in [5, 5.41) is 17.2. The quantitative estimate of drug-likeness (QED) is 0.791. The van der Waals surface area contributed by atoms with Crippen molar-refractivity contribution in [3.05, 3.63) is 54.1 Å². The molecule has 2 aromatic rings. The van der Waals surface area contributed by atoms with Gasteiger partial charge in [0.1, 0.15) is 0 Å². The Labute approximate surface area is 134 Å². The molecule has 6 heteroatoms. The second-order valence-electron chi connectivity index (χ2n) is 4.85. The summed E-state index contributed by atoms with van der Waals surface area (Å²) in [6, 6.07) is 15.8. The molecule has 0 saturated heterocycles. The molecule has 2 amide bonds. The normalized spacial score (nSPS) is 9.57. The molecule has 2 aromatic carbocycles. The van der Waals surface area contributed by atoms with Gasteiger partial charge in [-0.2, -0.15) is 5.26 Å². The minimum Gasteiger partial charge on any atom is -0.376 e. The second-order valence-corrected chi connectivity index (χ2v) is 4.85. The maximum absolute atomic E-state index is 11.9. The van der Waals surface area contributed by atoms with Crippen LogP contribution in [0.4, 0.5) is 17.1 Å². The topological polar surface area (TPSA) is 94.0 Å². The zero-order valence-corrected chi connectivity index (χ0v) is 12.6. The lowest BCUT2D eigenvalue weighted by atomic mass is 10.2. The van der Waals surface area contributed by atoms with Crippen molar-refractivity contribution in [2.75, 3.05) is 22.5 Å². The van der Waals surface area contributed by atoms with Gasteiger partial charge in [0.05, 0.1) is 18.2 Å². The third kappa shape index (κ3) is 5.17. The molecule has 0 aromatic heterocycles. The number of hydrogen-bond donors (Lipinski definition) is 3. The number of carbonyl (C=O) groups is 2. The molecule has 0 radical (unpaired) electrons. The van der Waals surface area contributed by atoms with Crippen LogP contribution in [0.15, 0.2) is 48.5 Å². The van der Waals surface area contributed by atoms with E-state index in [0.717, 1.165) is 0 Å². The summed E-state index contributed by atoms with van der Waals surface area (Å²) in [6.07, 6.45) is 0. The number of hydrogen-bond acceptors (Lipinski definition) is 4. The summed E-state index contributed by atoms with van der Waals surface area (Å²) < 4.78 is 0. The fourth-order valence-corrected chi connectivity index (χ4v) is 1.93. The Kier molecular flexibility index (Phi) is 5.31. The lowest BCUT2D eigenvalue weighted by Gasteiger charge is -2.09. The first-order valence-electron chi connectivity index (χ1n) is 6.98. The largest absolute Gasteiger partial charge is 0.376 e. The van der Waals surface area contributed by atoms with Gasteiger partial charge in [0.15, 0.2) is 0 Å². The van der Waals surface area contributed by atoms with Crippen LogP contribution >= 0.6 is 0 Å². The number of benzene rings is 2. The van der Waals surface area contributed by atoms with Crippen LogP contribution in [0.1, 0.15) is 12.5 Å². The molecule has 0 heterocycles. The minimum atomic E-state index is -0.209. The second kappa shape index (κ2) is 7.61. The van der Waals surface area contributed by atoms with Gasteiger partial charge in [-0.15, -0.1) is 0 Å². The Morgan fingerprint density at radius 2 is 1.65 bits per heavy atom. The Hall–Kier alpha value is -3.33. The Morgan fingerprint density at radius 1 is 1.00 bits per heavy atom. The average Bonchev–Trinajstić information content (AvgIpc) is 2.54. The summed E-state index contributed by atoms with van der Waals surface area (Å²) in [4.78, 5) is 22.8. The van der Waals surface area contributed by atoms with Crippen molar-refractivity contribution in [1.82, 2.24) is 0 Å². The van der Waals surface area contributed by atoms with E-state index in [9.17, 15) is 9.59 Å². The first-order valence-corrected chi connectivity index (χ1v) is 6.98. The highest BCUT2D eigenvalue weighted by Gasteiger charge is 2.03. The molecular formula is C17H16N4O2. The Balaban J connectivity index is 1.87. The van der Waals surface area contributed by atoms with Gasteiger partial charge in [0.2, 0.25) is 11.8 Å². The van der Waals surface area contributed by atoms with Crippen LogP contribution in [0, 0.1) is 11.3 Å². The zero-order valence-electron chi connectivity index (χ0n) is 12.6. The van der Waals surface area contributed by atoms with E-state index in [0.29, 0.717) is 22.6 Å². The van der Waals surface area contributed by atoms with Gasteiger partial charge < -0.3 is 16.0 Å². The van der Waals surface area contributed by atoms with E-state index < -0.39 is 0 Å². The summed E-state index contributed by atoms with van der Waals surface area (Å²) in [5.41, 5.74) is 2.54. The predicted molar refractivity (Wildman–Crippen MR) is 89.0 cm³/mol. The molecule has 0 aliphatic rings. The van der Waals surface area contributed by atoms with Gasteiger partial charge >= 0.3 is 0 Å². The van der Waals surface area contributed by atoms with E-state index in [-0.39, 0.29) is 18.4 Å². The molecule has 3 N–H and O–H groups in total. The highest BCUT2D eigenvalue weighted by molar-refractivity contribution is 5.94. The third-order valence-corrected chi connectivity index (χ3v) is 2.93. The number of amides is 2. The first-order chi connectivity index (χ1) is 11.1. The van der Waals surface area contributed by atoms with Crippen molar-refractivity contribution in [2.24, 2.45) is 0 Å². The SMILES string of the molecule is CC(=O)Nc1ccc(NC(=O)CNc2cccc(C#N)c2)cc1. The summed E-state index contributed by atoms with van der Waals surface area (Å²) in [7, 11) is 0. The maximum Gasteiger partial charge on any atom is 0.243 e. The van der Waals surface area contributed by atoms with Crippen LogP contribution in [0.2, 0.25) is 0 Å². The molecule has 0 aliphatic heterocycles. The van der Waals surface area contributed by atoms with Gasteiger partial charge in [-0.1, -0.05) is 6.07 Å². The smallest absolute Gasteiger partial charge is 0.243 e. The van der Waals surface area contributed by atoms with Crippen LogP contribution in [0.25, 0.3) is 0 Å². The number of carbonyl (C=O) groups excluding carboxylic acids is 2. The number of nitrogens with zero attached hydrogens (tertiary/aromatic N) is 1. The predicted octanol–water partition coefficient (Wildman–Crippen LogP) is 2.57. The van der Waals surface area contributed by atoms with Gasteiger partial charge in [0, 0.05) is 24.0 Å². The standard InChI is InChI=1S/C17H16N4O2/c1-12(22)20-14-5-7-15(8-6-14)21-17(23)11-19-16-4-2-3-13(9-16)10-18/h2-9,19H,11H2,1H3,(H,20,22)(H,21,23). The zero-order chi connectivity index (χ0) is 16.7. The molecule has 23 heavy (non-hydrogen) atoms.